The maximum atomic E-state index is 6.51. The average molecular weight is 469 g/mol. The molecule has 1 heterocycles. The highest BCUT2D eigenvalue weighted by molar-refractivity contribution is 6.44. The first-order valence-corrected chi connectivity index (χ1v) is 11.1. The van der Waals surface area contributed by atoms with Crippen molar-refractivity contribution in [1.29, 1.82) is 0 Å². The van der Waals surface area contributed by atoms with E-state index in [1.165, 1.54) is 0 Å². The second-order valence-corrected chi connectivity index (χ2v) is 8.13. The molecule has 4 aromatic carbocycles. The smallest absolute Gasteiger partial charge is 0.164 e. The van der Waals surface area contributed by atoms with Gasteiger partial charge in [-0.25, -0.2) is 15.0 Å². The molecule has 0 amide bonds. The number of para-hydroxylation sites is 1. The third-order valence-corrected chi connectivity index (χ3v) is 5.84. The number of aromatic nitrogens is 3. The summed E-state index contributed by atoms with van der Waals surface area (Å²) in [7, 11) is 0. The van der Waals surface area contributed by atoms with Crippen LogP contribution in [0.2, 0.25) is 10.0 Å². The number of rotatable bonds is 5. The summed E-state index contributed by atoms with van der Waals surface area (Å²) < 4.78 is 0. The van der Waals surface area contributed by atoms with Crippen molar-refractivity contribution in [2.45, 2.75) is 0 Å². The zero-order valence-electron chi connectivity index (χ0n) is 17.4. The van der Waals surface area contributed by atoms with Gasteiger partial charge in [0, 0.05) is 22.4 Å². The van der Waals surface area contributed by atoms with Crippen LogP contribution in [0.3, 0.4) is 0 Å². The second-order valence-electron chi connectivity index (χ2n) is 7.35. The second kappa shape index (κ2) is 9.41. The summed E-state index contributed by atoms with van der Waals surface area (Å²) in [6, 6.07) is 33.1. The van der Waals surface area contributed by atoms with Gasteiger partial charge >= 0.3 is 0 Å². The van der Waals surface area contributed by atoms with Crippen molar-refractivity contribution in [3.8, 4) is 34.2 Å². The van der Waals surface area contributed by atoms with E-state index in [-0.39, 0.29) is 0 Å². The Morgan fingerprint density at radius 1 is 0.515 bits per heavy atom. The maximum Gasteiger partial charge on any atom is 0.164 e. The SMILES string of the molecule is Clc1cc(-c2nc(-c3ccccc3)nc(-c3ccccc3)n2)cc(Nc2ccccc2)c1Cl. The Balaban J connectivity index is 1.65. The molecule has 0 spiro atoms. The van der Waals surface area contributed by atoms with Gasteiger partial charge in [-0.05, 0) is 24.3 Å². The molecule has 0 aliphatic rings. The summed E-state index contributed by atoms with van der Waals surface area (Å²) in [6.45, 7) is 0. The fourth-order valence-corrected chi connectivity index (χ4v) is 3.80. The number of hydrogen-bond donors (Lipinski definition) is 1. The van der Waals surface area contributed by atoms with E-state index < -0.39 is 0 Å². The van der Waals surface area contributed by atoms with Crippen LogP contribution in [0.5, 0.6) is 0 Å². The van der Waals surface area contributed by atoms with Crippen LogP contribution in [0.4, 0.5) is 11.4 Å². The quantitative estimate of drug-likeness (QED) is 0.284. The van der Waals surface area contributed by atoms with Gasteiger partial charge in [0.15, 0.2) is 17.5 Å². The Kier molecular flexibility index (Phi) is 6.03. The summed E-state index contributed by atoms with van der Waals surface area (Å²) >= 11 is 13.0. The minimum absolute atomic E-state index is 0.413. The molecule has 0 bridgehead atoms. The molecule has 5 aromatic rings. The van der Waals surface area contributed by atoms with E-state index in [0.717, 1.165) is 22.4 Å². The van der Waals surface area contributed by atoms with Crippen LogP contribution in [0.25, 0.3) is 34.2 Å². The van der Waals surface area contributed by atoms with E-state index in [2.05, 4.69) is 5.32 Å². The van der Waals surface area contributed by atoms with Crippen molar-refractivity contribution < 1.29 is 0 Å². The van der Waals surface area contributed by atoms with Gasteiger partial charge in [-0.1, -0.05) is 102 Å². The lowest BCUT2D eigenvalue weighted by molar-refractivity contribution is 1.07. The van der Waals surface area contributed by atoms with Gasteiger partial charge < -0.3 is 5.32 Å². The summed E-state index contributed by atoms with van der Waals surface area (Å²) in [5.41, 5.74) is 4.12. The Bertz CT molecular complexity index is 1330. The number of anilines is 2. The molecule has 0 atom stereocenters. The molecule has 33 heavy (non-hydrogen) atoms. The normalized spacial score (nSPS) is 10.7. The van der Waals surface area contributed by atoms with Crippen LogP contribution in [0, 0.1) is 0 Å². The van der Waals surface area contributed by atoms with Crippen LogP contribution in [0.1, 0.15) is 0 Å². The third-order valence-electron chi connectivity index (χ3n) is 5.04. The first kappa shape index (κ1) is 21.1. The Morgan fingerprint density at radius 2 is 0.970 bits per heavy atom. The Labute approximate surface area is 201 Å². The van der Waals surface area contributed by atoms with Gasteiger partial charge in [0.05, 0.1) is 15.7 Å². The summed E-state index contributed by atoms with van der Waals surface area (Å²) in [6.07, 6.45) is 0. The van der Waals surface area contributed by atoms with Crippen molar-refractivity contribution in [2.24, 2.45) is 0 Å². The lowest BCUT2D eigenvalue weighted by atomic mass is 10.1. The average Bonchev–Trinajstić information content (AvgIpc) is 2.88. The van der Waals surface area contributed by atoms with Gasteiger partial charge in [0.2, 0.25) is 0 Å². The highest BCUT2D eigenvalue weighted by Gasteiger charge is 2.15. The van der Waals surface area contributed by atoms with Crippen LogP contribution in [0.15, 0.2) is 103 Å². The molecule has 0 aliphatic carbocycles. The van der Waals surface area contributed by atoms with Crippen LogP contribution >= 0.6 is 23.2 Å². The number of nitrogens with zero attached hydrogens (tertiary/aromatic N) is 3. The van der Waals surface area contributed by atoms with Gasteiger partial charge in [-0.15, -0.1) is 0 Å². The fraction of sp³-hybridized carbons (Fsp3) is 0. The minimum Gasteiger partial charge on any atom is -0.354 e. The molecule has 5 rings (SSSR count). The number of benzene rings is 4. The molecule has 0 unspecified atom stereocenters. The van der Waals surface area contributed by atoms with E-state index in [9.17, 15) is 0 Å². The zero-order valence-corrected chi connectivity index (χ0v) is 18.9. The molecule has 1 aromatic heterocycles. The first-order valence-electron chi connectivity index (χ1n) is 10.4. The lowest BCUT2D eigenvalue weighted by Gasteiger charge is -2.13. The predicted molar refractivity (Wildman–Crippen MR) is 136 cm³/mol. The number of nitrogens with one attached hydrogen (secondary N) is 1. The van der Waals surface area contributed by atoms with E-state index >= 15 is 0 Å². The fourth-order valence-electron chi connectivity index (χ4n) is 3.42. The third kappa shape index (κ3) is 4.72. The topological polar surface area (TPSA) is 50.7 Å². The molecule has 6 heteroatoms. The molecule has 0 saturated carbocycles. The van der Waals surface area contributed by atoms with Gasteiger partial charge in [0.1, 0.15) is 0 Å². The van der Waals surface area contributed by atoms with Crippen molar-refractivity contribution in [3.63, 3.8) is 0 Å². The maximum absolute atomic E-state index is 6.51. The van der Waals surface area contributed by atoms with Crippen molar-refractivity contribution in [3.05, 3.63) is 113 Å². The van der Waals surface area contributed by atoms with Gasteiger partial charge in [-0.3, -0.25) is 0 Å². The molecule has 160 valence electrons. The van der Waals surface area contributed by atoms with Crippen LogP contribution in [-0.2, 0) is 0 Å². The molecule has 1 N–H and O–H groups in total. The highest BCUT2D eigenvalue weighted by atomic mass is 35.5. The van der Waals surface area contributed by atoms with Crippen molar-refractivity contribution in [2.75, 3.05) is 5.32 Å². The van der Waals surface area contributed by atoms with Gasteiger partial charge in [-0.2, -0.15) is 0 Å². The molecule has 0 aliphatic heterocycles. The van der Waals surface area contributed by atoms with Crippen LogP contribution < -0.4 is 5.32 Å². The highest BCUT2D eigenvalue weighted by Crippen LogP contribution is 2.37. The number of hydrogen-bond acceptors (Lipinski definition) is 4. The lowest BCUT2D eigenvalue weighted by Crippen LogP contribution is -2.01. The predicted octanol–water partition coefficient (Wildman–Crippen LogP) is 7.92. The van der Waals surface area contributed by atoms with E-state index in [1.54, 1.807) is 6.07 Å². The molecule has 0 radical (unpaired) electrons. The van der Waals surface area contributed by atoms with Crippen molar-refractivity contribution >= 4 is 34.6 Å². The summed E-state index contributed by atoms with van der Waals surface area (Å²) in [5, 5.41) is 4.18. The van der Waals surface area contributed by atoms with E-state index in [1.807, 2.05) is 97.1 Å². The monoisotopic (exact) mass is 468 g/mol. The molecule has 4 nitrogen and oxygen atoms in total. The first-order chi connectivity index (χ1) is 16.2. The van der Waals surface area contributed by atoms with Crippen molar-refractivity contribution in [1.82, 2.24) is 15.0 Å². The Morgan fingerprint density at radius 3 is 1.48 bits per heavy atom. The number of halogens is 2. The Hall–Kier alpha value is -3.73. The zero-order chi connectivity index (χ0) is 22.6. The summed E-state index contributed by atoms with van der Waals surface area (Å²) in [4.78, 5) is 14.3. The minimum atomic E-state index is 0.413. The van der Waals surface area contributed by atoms with E-state index in [4.69, 9.17) is 38.2 Å². The van der Waals surface area contributed by atoms with Crippen LogP contribution in [-0.4, -0.2) is 15.0 Å². The standard InChI is InChI=1S/C27H18Cl2N4/c28-22-16-20(17-23(24(22)29)30-21-14-8-3-9-15-21)27-32-25(18-10-4-1-5-11-18)31-26(33-27)19-12-6-2-7-13-19/h1-17,30H. The summed E-state index contributed by atoms with van der Waals surface area (Å²) in [5.74, 6) is 1.68. The molecule has 0 saturated heterocycles. The largest absolute Gasteiger partial charge is 0.354 e. The molecular weight excluding hydrogens is 451 g/mol. The molecular formula is C27H18Cl2N4. The van der Waals surface area contributed by atoms with E-state index in [0.29, 0.717) is 33.2 Å². The molecule has 0 fully saturated rings. The van der Waals surface area contributed by atoms with Gasteiger partial charge in [0.25, 0.3) is 0 Å².